The number of piperidine rings is 1. The molecule has 2 aromatic rings. The smallest absolute Gasteiger partial charge is 0.231 e. The van der Waals surface area contributed by atoms with Gasteiger partial charge in [-0.1, -0.05) is 17.7 Å². The number of hydrogen-bond acceptors (Lipinski definition) is 4. The highest BCUT2D eigenvalue weighted by molar-refractivity contribution is 5.91. The summed E-state index contributed by atoms with van der Waals surface area (Å²) in [7, 11) is 1.83. The van der Waals surface area contributed by atoms with Crippen molar-refractivity contribution < 1.29 is 4.79 Å². The molecule has 1 aliphatic heterocycles. The van der Waals surface area contributed by atoms with Gasteiger partial charge in [0.25, 0.3) is 0 Å². The van der Waals surface area contributed by atoms with Gasteiger partial charge in [0, 0.05) is 13.0 Å². The van der Waals surface area contributed by atoms with E-state index >= 15 is 0 Å². The van der Waals surface area contributed by atoms with E-state index < -0.39 is 0 Å². The van der Waals surface area contributed by atoms with E-state index in [1.165, 1.54) is 5.56 Å². The standard InChI is InChI=1S/C19H27N5O.ClH/c1-12-9-13(2)16(14(3)10-12)11-17(25)21-19-22-18(23-24(19)4)15-5-7-20-8-6-15;/h9-10,15,20H,5-8,11H2,1-4H3,(H,21,22,23,25);1H. The first-order valence-electron chi connectivity index (χ1n) is 8.92. The van der Waals surface area contributed by atoms with Gasteiger partial charge in [-0.15, -0.1) is 12.4 Å². The summed E-state index contributed by atoms with van der Waals surface area (Å²) in [6, 6.07) is 4.24. The van der Waals surface area contributed by atoms with Crippen LogP contribution in [0.3, 0.4) is 0 Å². The minimum Gasteiger partial charge on any atom is -0.317 e. The van der Waals surface area contributed by atoms with E-state index in [0.29, 0.717) is 18.3 Å². The van der Waals surface area contributed by atoms with Crippen molar-refractivity contribution in [2.24, 2.45) is 7.05 Å². The summed E-state index contributed by atoms with van der Waals surface area (Å²) in [5.41, 5.74) is 4.62. The van der Waals surface area contributed by atoms with Gasteiger partial charge in [0.2, 0.25) is 11.9 Å². The van der Waals surface area contributed by atoms with Crippen LogP contribution in [0.4, 0.5) is 5.95 Å². The van der Waals surface area contributed by atoms with Gasteiger partial charge in [-0.2, -0.15) is 10.1 Å². The number of carbonyl (C=O) groups is 1. The van der Waals surface area contributed by atoms with Crippen LogP contribution < -0.4 is 10.6 Å². The number of anilines is 1. The van der Waals surface area contributed by atoms with Crippen LogP contribution in [0, 0.1) is 20.8 Å². The molecule has 1 aromatic heterocycles. The molecule has 0 spiro atoms. The third-order valence-corrected chi connectivity index (χ3v) is 4.91. The van der Waals surface area contributed by atoms with Crippen molar-refractivity contribution in [1.82, 2.24) is 20.1 Å². The van der Waals surface area contributed by atoms with Crippen molar-refractivity contribution in [1.29, 1.82) is 0 Å². The Kier molecular flexibility index (Phi) is 6.78. The molecule has 1 fully saturated rings. The molecule has 2 N–H and O–H groups in total. The fourth-order valence-electron chi connectivity index (χ4n) is 3.58. The number of hydrogen-bond donors (Lipinski definition) is 2. The van der Waals surface area contributed by atoms with Crippen LogP contribution in [0.5, 0.6) is 0 Å². The first kappa shape index (κ1) is 20.4. The molecule has 0 saturated carbocycles. The predicted octanol–water partition coefficient (Wildman–Crippen LogP) is 2.81. The Morgan fingerprint density at radius 2 is 1.85 bits per heavy atom. The molecule has 26 heavy (non-hydrogen) atoms. The highest BCUT2D eigenvalue weighted by Crippen LogP contribution is 2.23. The Labute approximate surface area is 161 Å². The second kappa shape index (κ2) is 8.64. The largest absolute Gasteiger partial charge is 0.317 e. The number of rotatable bonds is 4. The van der Waals surface area contributed by atoms with Gasteiger partial charge in [0.1, 0.15) is 0 Å². The molecule has 1 aromatic carbocycles. The molecule has 2 heterocycles. The van der Waals surface area contributed by atoms with E-state index in [1.54, 1.807) is 4.68 Å². The highest BCUT2D eigenvalue weighted by atomic mass is 35.5. The van der Waals surface area contributed by atoms with Gasteiger partial charge in [-0.05, 0) is 63.4 Å². The van der Waals surface area contributed by atoms with Gasteiger partial charge < -0.3 is 5.32 Å². The monoisotopic (exact) mass is 377 g/mol. The van der Waals surface area contributed by atoms with Gasteiger partial charge in [0.15, 0.2) is 5.82 Å². The average Bonchev–Trinajstić information content (AvgIpc) is 2.92. The number of amides is 1. The third kappa shape index (κ3) is 4.62. The molecule has 1 amide bonds. The molecule has 3 rings (SSSR count). The molecule has 0 atom stereocenters. The molecule has 7 heteroatoms. The lowest BCUT2D eigenvalue weighted by molar-refractivity contribution is -0.115. The van der Waals surface area contributed by atoms with Crippen molar-refractivity contribution in [3.63, 3.8) is 0 Å². The topological polar surface area (TPSA) is 71.8 Å². The molecular formula is C19H28ClN5O. The maximum absolute atomic E-state index is 12.5. The first-order valence-corrected chi connectivity index (χ1v) is 8.92. The van der Waals surface area contributed by atoms with Crippen molar-refractivity contribution in [2.45, 2.75) is 46.0 Å². The fraction of sp³-hybridized carbons (Fsp3) is 0.526. The summed E-state index contributed by atoms with van der Waals surface area (Å²) in [6.07, 6.45) is 2.44. The molecule has 1 aliphatic rings. The molecular weight excluding hydrogens is 350 g/mol. The summed E-state index contributed by atoms with van der Waals surface area (Å²) in [4.78, 5) is 17.1. The zero-order chi connectivity index (χ0) is 18.0. The summed E-state index contributed by atoms with van der Waals surface area (Å²) in [6.45, 7) is 8.18. The zero-order valence-corrected chi connectivity index (χ0v) is 16.7. The Morgan fingerprint density at radius 1 is 1.23 bits per heavy atom. The predicted molar refractivity (Wildman–Crippen MR) is 106 cm³/mol. The van der Waals surface area contributed by atoms with Crippen molar-refractivity contribution in [2.75, 3.05) is 18.4 Å². The van der Waals surface area contributed by atoms with Crippen molar-refractivity contribution in [3.8, 4) is 0 Å². The second-order valence-corrected chi connectivity index (χ2v) is 7.04. The van der Waals surface area contributed by atoms with E-state index in [-0.39, 0.29) is 18.3 Å². The molecule has 0 aliphatic carbocycles. The first-order chi connectivity index (χ1) is 11.9. The number of halogens is 1. The average molecular weight is 378 g/mol. The summed E-state index contributed by atoms with van der Waals surface area (Å²) < 4.78 is 1.67. The minimum atomic E-state index is -0.0533. The molecule has 0 unspecified atom stereocenters. The molecule has 6 nitrogen and oxygen atoms in total. The number of aromatic nitrogens is 3. The molecule has 0 radical (unpaired) electrons. The van der Waals surface area contributed by atoms with Gasteiger partial charge in [-0.3, -0.25) is 10.1 Å². The lowest BCUT2D eigenvalue weighted by atomic mass is 9.97. The van der Waals surface area contributed by atoms with Crippen molar-refractivity contribution >= 4 is 24.3 Å². The Balaban J connectivity index is 0.00000243. The highest BCUT2D eigenvalue weighted by Gasteiger charge is 2.21. The maximum atomic E-state index is 12.5. The lowest BCUT2D eigenvalue weighted by Gasteiger charge is -2.19. The van der Waals surface area contributed by atoms with Crippen LogP contribution in [0.2, 0.25) is 0 Å². The normalized spacial score (nSPS) is 14.8. The fourth-order valence-corrected chi connectivity index (χ4v) is 3.58. The van der Waals surface area contributed by atoms with E-state index in [9.17, 15) is 4.79 Å². The Hall–Kier alpha value is -1.92. The summed E-state index contributed by atoms with van der Waals surface area (Å²) in [5, 5.41) is 10.8. The van der Waals surface area contributed by atoms with Gasteiger partial charge in [-0.25, -0.2) is 4.68 Å². The summed E-state index contributed by atoms with van der Waals surface area (Å²) >= 11 is 0. The van der Waals surface area contributed by atoms with Crippen LogP contribution in [-0.4, -0.2) is 33.8 Å². The number of nitrogens with one attached hydrogen (secondary N) is 2. The minimum absolute atomic E-state index is 0. The van der Waals surface area contributed by atoms with Crippen LogP contribution in [0.25, 0.3) is 0 Å². The Bertz CT molecular complexity index is 757. The second-order valence-electron chi connectivity index (χ2n) is 7.04. The number of carbonyl (C=O) groups excluding carboxylic acids is 1. The van der Waals surface area contributed by atoms with Gasteiger partial charge in [0.05, 0.1) is 6.42 Å². The molecule has 1 saturated heterocycles. The van der Waals surface area contributed by atoms with Crippen LogP contribution >= 0.6 is 12.4 Å². The molecule has 0 bridgehead atoms. The number of benzene rings is 1. The third-order valence-electron chi connectivity index (χ3n) is 4.91. The maximum Gasteiger partial charge on any atom is 0.231 e. The summed E-state index contributed by atoms with van der Waals surface area (Å²) in [5.74, 6) is 1.69. The van der Waals surface area contributed by atoms with Crippen LogP contribution in [0.15, 0.2) is 12.1 Å². The molecule has 142 valence electrons. The van der Waals surface area contributed by atoms with E-state index in [4.69, 9.17) is 0 Å². The number of nitrogens with zero attached hydrogens (tertiary/aromatic N) is 3. The SMILES string of the molecule is Cc1cc(C)c(CC(=O)Nc2nc(C3CCNCC3)nn2C)c(C)c1.Cl. The van der Waals surface area contributed by atoms with Crippen LogP contribution in [0.1, 0.15) is 46.8 Å². The van der Waals surface area contributed by atoms with E-state index in [1.807, 2.05) is 7.05 Å². The van der Waals surface area contributed by atoms with Crippen molar-refractivity contribution in [3.05, 3.63) is 40.2 Å². The Morgan fingerprint density at radius 3 is 2.46 bits per heavy atom. The van der Waals surface area contributed by atoms with Crippen LogP contribution in [-0.2, 0) is 18.3 Å². The van der Waals surface area contributed by atoms with Gasteiger partial charge >= 0.3 is 0 Å². The zero-order valence-electron chi connectivity index (χ0n) is 15.9. The quantitative estimate of drug-likeness (QED) is 0.859. The number of aryl methyl sites for hydroxylation is 4. The van der Waals surface area contributed by atoms with E-state index in [2.05, 4.69) is 53.6 Å². The lowest BCUT2D eigenvalue weighted by Crippen LogP contribution is -2.27. The van der Waals surface area contributed by atoms with E-state index in [0.717, 1.165) is 48.4 Å².